The molecule has 5 rings (SSSR count). The molecule has 0 spiro atoms. The Morgan fingerprint density at radius 3 is 2.42 bits per heavy atom. The van der Waals surface area contributed by atoms with E-state index in [4.69, 9.17) is 4.74 Å². The maximum atomic E-state index is 13.2. The predicted octanol–water partition coefficient (Wildman–Crippen LogP) is 5.09. The van der Waals surface area contributed by atoms with Crippen LogP contribution in [0.3, 0.4) is 0 Å². The average molecular weight is 491 g/mol. The maximum Gasteiger partial charge on any atom is 0.253 e. The van der Waals surface area contributed by atoms with Gasteiger partial charge in [0.25, 0.3) is 5.91 Å². The Morgan fingerprint density at radius 2 is 1.75 bits per heavy atom. The van der Waals surface area contributed by atoms with Crippen LogP contribution in [-0.2, 0) is 19.4 Å². The SMILES string of the molecule is CN(C(=O)c1ccc(OCC2CC2)cc1)[C@H]1CCc2cc(CN3CCC(C(C)(C)O)CC3)ccc2C1. The highest BCUT2D eigenvalue weighted by atomic mass is 16.5. The second kappa shape index (κ2) is 10.5. The normalized spacial score (nSPS) is 21.2. The van der Waals surface area contributed by atoms with Gasteiger partial charge in [0.2, 0.25) is 0 Å². The highest BCUT2D eigenvalue weighted by Gasteiger charge is 2.31. The molecule has 0 aromatic heterocycles. The van der Waals surface area contributed by atoms with Crippen LogP contribution in [0.15, 0.2) is 42.5 Å². The van der Waals surface area contributed by atoms with Crippen LogP contribution in [0.5, 0.6) is 5.75 Å². The van der Waals surface area contributed by atoms with Crippen molar-refractivity contribution >= 4 is 5.91 Å². The minimum atomic E-state index is -0.573. The number of fused-ring (bicyclic) bond motifs is 1. The van der Waals surface area contributed by atoms with Crippen molar-refractivity contribution in [1.82, 2.24) is 9.80 Å². The van der Waals surface area contributed by atoms with Crippen LogP contribution in [0.2, 0.25) is 0 Å². The van der Waals surface area contributed by atoms with E-state index in [2.05, 4.69) is 23.1 Å². The van der Waals surface area contributed by atoms with Crippen molar-refractivity contribution in [3.8, 4) is 5.75 Å². The third kappa shape index (κ3) is 6.12. The quantitative estimate of drug-likeness (QED) is 0.560. The van der Waals surface area contributed by atoms with E-state index in [9.17, 15) is 9.90 Å². The largest absolute Gasteiger partial charge is 0.493 e. The summed E-state index contributed by atoms with van der Waals surface area (Å²) in [4.78, 5) is 17.6. The number of aliphatic hydroxyl groups is 1. The lowest BCUT2D eigenvalue weighted by Gasteiger charge is -2.38. The van der Waals surface area contributed by atoms with Gasteiger partial charge in [-0.15, -0.1) is 0 Å². The molecule has 1 aliphatic heterocycles. The second-order valence-electron chi connectivity index (χ2n) is 11.9. The molecule has 1 atom stereocenters. The van der Waals surface area contributed by atoms with Crippen LogP contribution in [0.25, 0.3) is 0 Å². The summed E-state index contributed by atoms with van der Waals surface area (Å²) < 4.78 is 5.82. The van der Waals surface area contributed by atoms with Crippen LogP contribution >= 0.6 is 0 Å². The number of carbonyl (C=O) groups is 1. The number of hydrogen-bond donors (Lipinski definition) is 1. The standard InChI is InChI=1S/C31H42N2O3/c1-31(2,35)27-14-16-33(17-15-27)20-23-6-7-26-19-28(11-8-25(26)18-23)32(3)30(34)24-9-12-29(13-10-24)36-21-22-4-5-22/h6-7,9-10,12-13,18,22,27-28,35H,4-5,8,11,14-17,19-21H2,1-3H3/t28-/m0/s1. The Morgan fingerprint density at radius 1 is 1.03 bits per heavy atom. The van der Waals surface area contributed by atoms with Crippen molar-refractivity contribution in [3.05, 3.63) is 64.7 Å². The number of aryl methyl sites for hydroxylation is 1. The zero-order valence-corrected chi connectivity index (χ0v) is 22.2. The Balaban J connectivity index is 1.14. The molecule has 1 heterocycles. The van der Waals surface area contributed by atoms with Gasteiger partial charge in [0.1, 0.15) is 5.75 Å². The first-order chi connectivity index (χ1) is 17.3. The van der Waals surface area contributed by atoms with E-state index >= 15 is 0 Å². The van der Waals surface area contributed by atoms with E-state index < -0.39 is 5.60 Å². The van der Waals surface area contributed by atoms with E-state index in [1.807, 2.05) is 50.1 Å². The number of likely N-dealkylation sites (tertiary alicyclic amines) is 1. The van der Waals surface area contributed by atoms with Crippen LogP contribution in [-0.4, -0.2) is 59.2 Å². The summed E-state index contributed by atoms with van der Waals surface area (Å²) in [5.74, 6) is 2.06. The van der Waals surface area contributed by atoms with Gasteiger partial charge in [0.05, 0.1) is 12.2 Å². The predicted molar refractivity (Wildman–Crippen MR) is 143 cm³/mol. The first kappa shape index (κ1) is 25.3. The number of ether oxygens (including phenoxy) is 1. The fourth-order valence-corrected chi connectivity index (χ4v) is 5.84. The second-order valence-corrected chi connectivity index (χ2v) is 11.9. The molecule has 36 heavy (non-hydrogen) atoms. The molecule has 0 bridgehead atoms. The lowest BCUT2D eigenvalue weighted by Crippen LogP contribution is -2.41. The summed E-state index contributed by atoms with van der Waals surface area (Å²) in [7, 11) is 1.95. The summed E-state index contributed by atoms with van der Waals surface area (Å²) in [5.41, 5.74) is 4.34. The van der Waals surface area contributed by atoms with Crippen LogP contribution in [0, 0.1) is 11.8 Å². The van der Waals surface area contributed by atoms with Gasteiger partial charge in [-0.05, 0) is 125 Å². The molecule has 2 aromatic rings. The number of hydrogen-bond acceptors (Lipinski definition) is 4. The fourth-order valence-electron chi connectivity index (χ4n) is 5.84. The molecular weight excluding hydrogens is 448 g/mol. The fraction of sp³-hybridized carbons (Fsp3) is 0.581. The Labute approximate surface area is 216 Å². The van der Waals surface area contributed by atoms with Gasteiger partial charge in [-0.1, -0.05) is 18.2 Å². The molecular formula is C31H42N2O3. The molecule has 194 valence electrons. The molecule has 1 amide bonds. The van der Waals surface area contributed by atoms with Gasteiger partial charge in [-0.25, -0.2) is 0 Å². The van der Waals surface area contributed by atoms with Gasteiger partial charge in [-0.3, -0.25) is 9.69 Å². The number of amides is 1. The van der Waals surface area contributed by atoms with Crippen LogP contribution in [0.4, 0.5) is 0 Å². The summed E-state index contributed by atoms with van der Waals surface area (Å²) in [6.45, 7) is 7.75. The lowest BCUT2D eigenvalue weighted by atomic mass is 9.83. The van der Waals surface area contributed by atoms with Gasteiger partial charge < -0.3 is 14.7 Å². The zero-order chi connectivity index (χ0) is 25.3. The number of piperidine rings is 1. The van der Waals surface area contributed by atoms with Gasteiger partial charge in [0.15, 0.2) is 0 Å². The lowest BCUT2D eigenvalue weighted by molar-refractivity contribution is -0.0136. The number of carbonyl (C=O) groups excluding carboxylic acids is 1. The summed E-state index contributed by atoms with van der Waals surface area (Å²) >= 11 is 0. The van der Waals surface area contributed by atoms with E-state index in [-0.39, 0.29) is 11.9 Å². The minimum Gasteiger partial charge on any atom is -0.493 e. The highest BCUT2D eigenvalue weighted by molar-refractivity contribution is 5.94. The monoisotopic (exact) mass is 490 g/mol. The van der Waals surface area contributed by atoms with E-state index in [0.29, 0.717) is 5.92 Å². The highest BCUT2D eigenvalue weighted by Crippen LogP contribution is 2.31. The Hall–Kier alpha value is -2.37. The van der Waals surface area contributed by atoms with Crippen molar-refractivity contribution < 1.29 is 14.6 Å². The number of nitrogens with zero attached hydrogens (tertiary/aromatic N) is 2. The minimum absolute atomic E-state index is 0.0864. The molecule has 2 aromatic carbocycles. The zero-order valence-electron chi connectivity index (χ0n) is 22.2. The molecule has 0 radical (unpaired) electrons. The van der Waals surface area contributed by atoms with Crippen LogP contribution in [0.1, 0.15) is 73.0 Å². The van der Waals surface area contributed by atoms with Gasteiger partial charge >= 0.3 is 0 Å². The van der Waals surface area contributed by atoms with Crippen molar-refractivity contribution in [2.75, 3.05) is 26.7 Å². The molecule has 5 heteroatoms. The molecule has 5 nitrogen and oxygen atoms in total. The first-order valence-electron chi connectivity index (χ1n) is 13.8. The van der Waals surface area contributed by atoms with E-state index in [0.717, 1.165) is 75.6 Å². The third-order valence-electron chi connectivity index (χ3n) is 8.62. The Bertz CT molecular complexity index is 1050. The van der Waals surface area contributed by atoms with Crippen molar-refractivity contribution in [1.29, 1.82) is 0 Å². The number of benzene rings is 2. The first-order valence-corrected chi connectivity index (χ1v) is 13.8. The molecule has 2 aliphatic carbocycles. The molecule has 3 aliphatic rings. The summed E-state index contributed by atoms with van der Waals surface area (Å²) in [6.07, 6.45) is 7.60. The van der Waals surface area contributed by atoms with Crippen LogP contribution < -0.4 is 4.74 Å². The van der Waals surface area contributed by atoms with Crippen molar-refractivity contribution in [2.24, 2.45) is 11.8 Å². The topological polar surface area (TPSA) is 53.0 Å². The Kier molecular flexibility index (Phi) is 7.41. The molecule has 1 N–H and O–H groups in total. The average Bonchev–Trinajstić information content (AvgIpc) is 3.71. The van der Waals surface area contributed by atoms with E-state index in [1.165, 1.54) is 29.5 Å². The number of likely N-dealkylation sites (N-methyl/N-ethyl adjacent to an activating group) is 1. The van der Waals surface area contributed by atoms with Gasteiger partial charge in [0, 0.05) is 25.2 Å². The smallest absolute Gasteiger partial charge is 0.253 e. The van der Waals surface area contributed by atoms with Crippen molar-refractivity contribution in [3.63, 3.8) is 0 Å². The van der Waals surface area contributed by atoms with E-state index in [1.54, 1.807) is 0 Å². The maximum absolute atomic E-state index is 13.2. The van der Waals surface area contributed by atoms with Crippen molar-refractivity contribution in [2.45, 2.75) is 77.0 Å². The molecule has 1 saturated heterocycles. The summed E-state index contributed by atoms with van der Waals surface area (Å²) in [6, 6.07) is 14.8. The number of rotatable bonds is 8. The molecule has 1 saturated carbocycles. The van der Waals surface area contributed by atoms with Gasteiger partial charge in [-0.2, -0.15) is 0 Å². The third-order valence-corrected chi connectivity index (χ3v) is 8.62. The molecule has 2 fully saturated rings. The summed E-state index contributed by atoms with van der Waals surface area (Å²) in [5, 5.41) is 10.3. The molecule has 0 unspecified atom stereocenters.